The van der Waals surface area contributed by atoms with E-state index in [0.717, 1.165) is 20.1 Å². The molecule has 144 valence electrons. The molecule has 0 radical (unpaired) electrons. The highest BCUT2D eigenvalue weighted by molar-refractivity contribution is 9.11. The van der Waals surface area contributed by atoms with E-state index in [9.17, 15) is 4.79 Å². The number of ether oxygens (including phenoxy) is 3. The lowest BCUT2D eigenvalue weighted by Gasteiger charge is -2.15. The lowest BCUT2D eigenvalue weighted by molar-refractivity contribution is -0.123. The van der Waals surface area contributed by atoms with Crippen LogP contribution in [0, 0.1) is 6.92 Å². The molecule has 0 unspecified atom stereocenters. The van der Waals surface area contributed by atoms with Crippen LogP contribution in [0.4, 0.5) is 0 Å². The molecule has 0 aromatic heterocycles. The number of benzene rings is 2. The van der Waals surface area contributed by atoms with Crippen molar-refractivity contribution in [2.75, 3.05) is 20.8 Å². The highest BCUT2D eigenvalue weighted by Crippen LogP contribution is 2.34. The number of hydrogen-bond acceptors (Lipinski definition) is 5. The monoisotopic (exact) mass is 498 g/mol. The maximum atomic E-state index is 12.1. The second kappa shape index (κ2) is 9.66. The minimum atomic E-state index is -0.351. The molecule has 8 heteroatoms. The Morgan fingerprint density at radius 1 is 1.04 bits per heavy atom. The third kappa shape index (κ3) is 5.64. The number of aryl methyl sites for hydroxylation is 1. The predicted octanol–water partition coefficient (Wildman–Crippen LogP) is 4.21. The van der Waals surface area contributed by atoms with Crippen LogP contribution in [0.5, 0.6) is 17.2 Å². The van der Waals surface area contributed by atoms with Gasteiger partial charge in [-0.2, -0.15) is 0 Å². The first-order valence-corrected chi connectivity index (χ1v) is 9.49. The molecule has 2 rings (SSSR count). The summed E-state index contributed by atoms with van der Waals surface area (Å²) < 4.78 is 17.6. The molecule has 0 heterocycles. The fourth-order valence-corrected chi connectivity index (χ4v) is 3.88. The standard InChI is InChI=1S/C19H20Br2N2O4/c1-11-7-14(20)19(15(21)8-11)27-10-18(24)23-22-12(2)13-5-6-16(25-3)17(9-13)26-4/h5-9,22H,2,10H2,1,3-4H3,(H,23,24). The largest absolute Gasteiger partial charge is 0.493 e. The van der Waals surface area contributed by atoms with Crippen LogP contribution in [0.3, 0.4) is 0 Å². The van der Waals surface area contributed by atoms with E-state index < -0.39 is 0 Å². The number of nitrogens with one attached hydrogen (secondary N) is 2. The highest BCUT2D eigenvalue weighted by atomic mass is 79.9. The average Bonchev–Trinajstić information content (AvgIpc) is 2.64. The Kier molecular flexibility index (Phi) is 7.55. The van der Waals surface area contributed by atoms with Crippen molar-refractivity contribution in [1.29, 1.82) is 0 Å². The third-order valence-corrected chi connectivity index (χ3v) is 4.75. The van der Waals surface area contributed by atoms with Crippen LogP contribution in [0.1, 0.15) is 11.1 Å². The summed E-state index contributed by atoms with van der Waals surface area (Å²) in [7, 11) is 3.12. The van der Waals surface area contributed by atoms with Gasteiger partial charge in [0.05, 0.1) is 28.9 Å². The first-order valence-electron chi connectivity index (χ1n) is 7.90. The van der Waals surface area contributed by atoms with E-state index in [1.54, 1.807) is 32.4 Å². The molecule has 0 aliphatic heterocycles. The topological polar surface area (TPSA) is 68.8 Å². The van der Waals surface area contributed by atoms with Crippen molar-refractivity contribution < 1.29 is 19.0 Å². The Hall–Kier alpha value is -2.19. The van der Waals surface area contributed by atoms with E-state index in [1.807, 2.05) is 19.1 Å². The van der Waals surface area contributed by atoms with Crippen LogP contribution in [0.25, 0.3) is 5.70 Å². The van der Waals surface area contributed by atoms with Crippen LogP contribution in [0.2, 0.25) is 0 Å². The second-order valence-corrected chi connectivity index (χ2v) is 7.28. The summed E-state index contributed by atoms with van der Waals surface area (Å²) in [6, 6.07) is 9.15. The minimum absolute atomic E-state index is 0.160. The predicted molar refractivity (Wildman–Crippen MR) is 112 cm³/mol. The normalized spacial score (nSPS) is 10.1. The molecule has 1 amide bonds. The molecular formula is C19H20Br2N2O4. The zero-order chi connectivity index (χ0) is 20.0. The number of hydrazine groups is 1. The molecule has 0 atom stereocenters. The Balaban J connectivity index is 1.91. The second-order valence-electron chi connectivity index (χ2n) is 5.57. The molecule has 6 nitrogen and oxygen atoms in total. The fourth-order valence-electron chi connectivity index (χ4n) is 2.24. The molecule has 0 bridgehead atoms. The average molecular weight is 500 g/mol. The van der Waals surface area contributed by atoms with Crippen LogP contribution in [0.15, 0.2) is 45.9 Å². The summed E-state index contributed by atoms with van der Waals surface area (Å²) >= 11 is 6.86. The van der Waals surface area contributed by atoms with Gasteiger partial charge < -0.3 is 14.2 Å². The van der Waals surface area contributed by atoms with E-state index in [2.05, 4.69) is 49.3 Å². The van der Waals surface area contributed by atoms with Crippen molar-refractivity contribution in [1.82, 2.24) is 10.9 Å². The first-order chi connectivity index (χ1) is 12.8. The molecule has 0 saturated heterocycles. The van der Waals surface area contributed by atoms with Crippen molar-refractivity contribution in [2.45, 2.75) is 6.92 Å². The molecular weight excluding hydrogens is 480 g/mol. The number of methoxy groups -OCH3 is 2. The summed E-state index contributed by atoms with van der Waals surface area (Å²) in [5, 5.41) is 0. The first kappa shape index (κ1) is 21.1. The zero-order valence-corrected chi connectivity index (χ0v) is 18.4. The van der Waals surface area contributed by atoms with E-state index in [1.165, 1.54) is 0 Å². The van der Waals surface area contributed by atoms with E-state index in [4.69, 9.17) is 14.2 Å². The fraction of sp³-hybridized carbons (Fsp3) is 0.211. The van der Waals surface area contributed by atoms with Gasteiger partial charge in [0.2, 0.25) is 0 Å². The van der Waals surface area contributed by atoms with Crippen LogP contribution >= 0.6 is 31.9 Å². The molecule has 2 N–H and O–H groups in total. The smallest absolute Gasteiger partial charge is 0.276 e. The number of rotatable bonds is 8. The Morgan fingerprint density at radius 2 is 1.67 bits per heavy atom. The molecule has 2 aromatic rings. The molecule has 0 aliphatic rings. The quantitative estimate of drug-likeness (QED) is 0.532. The Bertz CT molecular complexity index is 833. The van der Waals surface area contributed by atoms with Crippen molar-refractivity contribution in [3.8, 4) is 17.2 Å². The van der Waals surface area contributed by atoms with Crippen molar-refractivity contribution in [2.24, 2.45) is 0 Å². The summed E-state index contributed by atoms with van der Waals surface area (Å²) in [4.78, 5) is 12.1. The van der Waals surface area contributed by atoms with E-state index in [-0.39, 0.29) is 12.5 Å². The van der Waals surface area contributed by atoms with Gasteiger partial charge in [-0.05, 0) is 74.7 Å². The zero-order valence-electron chi connectivity index (χ0n) is 15.2. The number of carbonyl (C=O) groups excluding carboxylic acids is 1. The van der Waals surface area contributed by atoms with Crippen molar-refractivity contribution in [3.63, 3.8) is 0 Å². The number of amides is 1. The van der Waals surface area contributed by atoms with Crippen molar-refractivity contribution >= 4 is 43.5 Å². The number of carbonyl (C=O) groups is 1. The van der Waals surface area contributed by atoms with Crippen LogP contribution in [-0.4, -0.2) is 26.7 Å². The third-order valence-electron chi connectivity index (χ3n) is 3.58. The van der Waals surface area contributed by atoms with Gasteiger partial charge in [0, 0.05) is 5.56 Å². The lowest BCUT2D eigenvalue weighted by Crippen LogP contribution is -2.39. The van der Waals surface area contributed by atoms with Gasteiger partial charge in [0.1, 0.15) is 5.75 Å². The van der Waals surface area contributed by atoms with Gasteiger partial charge >= 0.3 is 0 Å². The highest BCUT2D eigenvalue weighted by Gasteiger charge is 2.11. The van der Waals surface area contributed by atoms with E-state index in [0.29, 0.717) is 22.9 Å². The van der Waals surface area contributed by atoms with Gasteiger partial charge in [-0.25, -0.2) is 0 Å². The minimum Gasteiger partial charge on any atom is -0.493 e. The van der Waals surface area contributed by atoms with Crippen LogP contribution in [-0.2, 0) is 4.79 Å². The molecule has 0 aliphatic carbocycles. The number of hydrogen-bond donors (Lipinski definition) is 2. The molecule has 2 aromatic carbocycles. The lowest BCUT2D eigenvalue weighted by atomic mass is 10.1. The molecule has 27 heavy (non-hydrogen) atoms. The summed E-state index contributed by atoms with van der Waals surface area (Å²) in [5.74, 6) is 1.40. The number of halogens is 2. The van der Waals surface area contributed by atoms with Crippen molar-refractivity contribution in [3.05, 3.63) is 57.0 Å². The van der Waals surface area contributed by atoms with Gasteiger partial charge in [-0.3, -0.25) is 15.6 Å². The maximum Gasteiger partial charge on any atom is 0.276 e. The molecule has 0 fully saturated rings. The Labute approximate surface area is 175 Å². The van der Waals surface area contributed by atoms with Gasteiger partial charge in [0.15, 0.2) is 18.1 Å². The summed E-state index contributed by atoms with van der Waals surface area (Å²) in [6.07, 6.45) is 0. The van der Waals surface area contributed by atoms with Crippen LogP contribution < -0.4 is 25.1 Å². The summed E-state index contributed by atoms with van der Waals surface area (Å²) in [5.41, 5.74) is 7.64. The van der Waals surface area contributed by atoms with E-state index >= 15 is 0 Å². The Morgan fingerprint density at radius 3 is 2.26 bits per heavy atom. The summed E-state index contributed by atoms with van der Waals surface area (Å²) in [6.45, 7) is 5.71. The maximum absolute atomic E-state index is 12.1. The van der Waals surface area contributed by atoms with Gasteiger partial charge in [-0.15, -0.1) is 0 Å². The molecule has 0 spiro atoms. The molecule has 0 saturated carbocycles. The van der Waals surface area contributed by atoms with Gasteiger partial charge in [-0.1, -0.05) is 6.58 Å². The van der Waals surface area contributed by atoms with Gasteiger partial charge in [0.25, 0.3) is 5.91 Å². The SMILES string of the molecule is C=C(NNC(=O)COc1c(Br)cc(C)cc1Br)c1ccc(OC)c(OC)c1.